The van der Waals surface area contributed by atoms with Crippen LogP contribution in [0.2, 0.25) is 0 Å². The lowest BCUT2D eigenvalue weighted by atomic mass is 10.0. The van der Waals surface area contributed by atoms with Gasteiger partial charge >= 0.3 is 0 Å². The number of aromatic nitrogens is 2. The average Bonchev–Trinajstić information content (AvgIpc) is 2.84. The first-order valence-corrected chi connectivity index (χ1v) is 7.09. The van der Waals surface area contributed by atoms with Crippen molar-refractivity contribution in [1.82, 2.24) is 9.55 Å². The van der Waals surface area contributed by atoms with Gasteiger partial charge in [0.2, 0.25) is 5.95 Å². The molecule has 0 unspecified atom stereocenters. The maximum Gasteiger partial charge on any atom is 0.207 e. The van der Waals surface area contributed by atoms with Gasteiger partial charge in [0.05, 0.1) is 0 Å². The van der Waals surface area contributed by atoms with Gasteiger partial charge in [0, 0.05) is 24.6 Å². The first-order chi connectivity index (χ1) is 9.20. The summed E-state index contributed by atoms with van der Waals surface area (Å²) in [6.45, 7) is 7.64. The normalized spacial score (nSPS) is 10.9. The van der Waals surface area contributed by atoms with E-state index >= 15 is 0 Å². The average molecular weight is 257 g/mol. The lowest BCUT2D eigenvalue weighted by Gasteiger charge is -2.11. The summed E-state index contributed by atoms with van der Waals surface area (Å²) in [6, 6.07) is 8.58. The first-order valence-electron chi connectivity index (χ1n) is 7.09. The zero-order valence-electron chi connectivity index (χ0n) is 12.1. The monoisotopic (exact) mass is 257 g/mol. The second-order valence-corrected chi connectivity index (χ2v) is 5.20. The molecule has 0 saturated heterocycles. The van der Waals surface area contributed by atoms with Crippen LogP contribution in [-0.4, -0.2) is 9.55 Å². The van der Waals surface area contributed by atoms with E-state index in [1.54, 1.807) is 0 Å². The van der Waals surface area contributed by atoms with E-state index in [1.807, 2.05) is 12.4 Å². The molecule has 2 aromatic rings. The zero-order chi connectivity index (χ0) is 13.7. The third-order valence-corrected chi connectivity index (χ3v) is 3.30. The summed E-state index contributed by atoms with van der Waals surface area (Å²) < 4.78 is 2.17. The molecule has 0 aliphatic heterocycles. The fourth-order valence-electron chi connectivity index (χ4n) is 2.02. The number of unbranched alkanes of at least 4 members (excludes halogenated alkanes) is 1. The predicted octanol–water partition coefficient (Wildman–Crippen LogP) is 4.55. The van der Waals surface area contributed by atoms with Gasteiger partial charge in [-0.25, -0.2) is 4.98 Å². The van der Waals surface area contributed by atoms with Crippen LogP contribution in [0.4, 0.5) is 11.6 Å². The smallest absolute Gasteiger partial charge is 0.207 e. The van der Waals surface area contributed by atoms with Crippen molar-refractivity contribution in [2.24, 2.45) is 0 Å². The zero-order valence-corrected chi connectivity index (χ0v) is 12.1. The van der Waals surface area contributed by atoms with Gasteiger partial charge in [-0.2, -0.15) is 0 Å². The Bertz CT molecular complexity index is 497. The molecular weight excluding hydrogens is 234 g/mol. The number of hydrogen-bond donors (Lipinski definition) is 1. The summed E-state index contributed by atoms with van der Waals surface area (Å²) >= 11 is 0. The molecule has 0 aliphatic carbocycles. The summed E-state index contributed by atoms with van der Waals surface area (Å²) in [5, 5.41) is 3.38. The lowest BCUT2D eigenvalue weighted by molar-refractivity contribution is 0.638. The minimum absolute atomic E-state index is 0.570. The van der Waals surface area contributed by atoms with Gasteiger partial charge in [-0.1, -0.05) is 39.3 Å². The number of rotatable bonds is 6. The van der Waals surface area contributed by atoms with Crippen LogP contribution in [0.25, 0.3) is 0 Å². The highest BCUT2D eigenvalue weighted by Crippen LogP contribution is 2.20. The van der Waals surface area contributed by atoms with Gasteiger partial charge in [0.1, 0.15) is 0 Å². The van der Waals surface area contributed by atoms with E-state index in [4.69, 9.17) is 0 Å². The maximum absolute atomic E-state index is 4.37. The third kappa shape index (κ3) is 3.60. The maximum atomic E-state index is 4.37. The highest BCUT2D eigenvalue weighted by Gasteiger charge is 2.03. The Balaban J connectivity index is 2.06. The largest absolute Gasteiger partial charge is 0.326 e. The minimum atomic E-state index is 0.570. The molecule has 0 spiro atoms. The number of benzene rings is 1. The number of aryl methyl sites for hydroxylation is 1. The van der Waals surface area contributed by atoms with Crippen molar-refractivity contribution in [1.29, 1.82) is 0 Å². The van der Waals surface area contributed by atoms with Crippen molar-refractivity contribution in [3.05, 3.63) is 42.2 Å². The Hall–Kier alpha value is -1.77. The van der Waals surface area contributed by atoms with E-state index in [9.17, 15) is 0 Å². The van der Waals surface area contributed by atoms with Crippen LogP contribution in [-0.2, 0) is 6.54 Å². The highest BCUT2D eigenvalue weighted by molar-refractivity contribution is 5.54. The predicted molar refractivity (Wildman–Crippen MR) is 80.9 cm³/mol. The Labute approximate surface area is 115 Å². The summed E-state index contributed by atoms with van der Waals surface area (Å²) in [6.07, 6.45) is 6.25. The van der Waals surface area contributed by atoms with E-state index in [0.29, 0.717) is 5.92 Å². The van der Waals surface area contributed by atoms with Crippen molar-refractivity contribution in [3.63, 3.8) is 0 Å². The van der Waals surface area contributed by atoms with Crippen molar-refractivity contribution in [2.45, 2.75) is 46.1 Å². The molecule has 0 bridgehead atoms. The number of nitrogens with zero attached hydrogens (tertiary/aromatic N) is 2. The summed E-state index contributed by atoms with van der Waals surface area (Å²) in [5.41, 5.74) is 2.45. The molecule has 2 rings (SSSR count). The summed E-state index contributed by atoms with van der Waals surface area (Å²) in [4.78, 5) is 4.37. The molecular formula is C16H23N3. The van der Waals surface area contributed by atoms with E-state index in [0.717, 1.165) is 18.2 Å². The highest BCUT2D eigenvalue weighted by atomic mass is 15.2. The van der Waals surface area contributed by atoms with Gasteiger partial charge in [-0.3, -0.25) is 0 Å². The number of nitrogens with one attached hydrogen (secondary N) is 1. The van der Waals surface area contributed by atoms with Crippen LogP contribution in [0.1, 0.15) is 45.1 Å². The molecule has 0 fully saturated rings. The molecule has 0 amide bonds. The molecule has 0 saturated carbocycles. The third-order valence-electron chi connectivity index (χ3n) is 3.30. The number of hydrogen-bond acceptors (Lipinski definition) is 2. The van der Waals surface area contributed by atoms with E-state index < -0.39 is 0 Å². The molecule has 1 aromatic carbocycles. The Kier molecular flexibility index (Phi) is 4.61. The first kappa shape index (κ1) is 13.7. The molecule has 0 atom stereocenters. The van der Waals surface area contributed by atoms with E-state index in [1.165, 1.54) is 18.4 Å². The summed E-state index contributed by atoms with van der Waals surface area (Å²) in [5.74, 6) is 1.49. The van der Waals surface area contributed by atoms with E-state index in [-0.39, 0.29) is 0 Å². The van der Waals surface area contributed by atoms with Gasteiger partial charge in [-0.05, 0) is 30.0 Å². The van der Waals surface area contributed by atoms with Crippen molar-refractivity contribution in [2.75, 3.05) is 5.32 Å². The lowest BCUT2D eigenvalue weighted by Crippen LogP contribution is -2.03. The van der Waals surface area contributed by atoms with Crippen molar-refractivity contribution in [3.8, 4) is 0 Å². The molecule has 0 radical (unpaired) electrons. The van der Waals surface area contributed by atoms with Crippen LogP contribution in [0.3, 0.4) is 0 Å². The topological polar surface area (TPSA) is 29.9 Å². The van der Waals surface area contributed by atoms with Gasteiger partial charge < -0.3 is 9.88 Å². The van der Waals surface area contributed by atoms with Crippen molar-refractivity contribution >= 4 is 11.6 Å². The molecule has 102 valence electrons. The molecule has 19 heavy (non-hydrogen) atoms. The fraction of sp³-hybridized carbons (Fsp3) is 0.438. The van der Waals surface area contributed by atoms with Crippen LogP contribution in [0, 0.1) is 0 Å². The van der Waals surface area contributed by atoms with Crippen LogP contribution < -0.4 is 5.32 Å². The Morgan fingerprint density at radius 3 is 2.58 bits per heavy atom. The Morgan fingerprint density at radius 2 is 1.95 bits per heavy atom. The second-order valence-electron chi connectivity index (χ2n) is 5.20. The summed E-state index contributed by atoms with van der Waals surface area (Å²) in [7, 11) is 0. The molecule has 1 N–H and O–H groups in total. The van der Waals surface area contributed by atoms with Gasteiger partial charge in [-0.15, -0.1) is 0 Å². The molecule has 3 heteroatoms. The Morgan fingerprint density at radius 1 is 1.21 bits per heavy atom. The van der Waals surface area contributed by atoms with Crippen LogP contribution >= 0.6 is 0 Å². The van der Waals surface area contributed by atoms with E-state index in [2.05, 4.69) is 59.9 Å². The molecule has 1 heterocycles. The van der Waals surface area contributed by atoms with Gasteiger partial charge in [0.25, 0.3) is 0 Å². The molecule has 1 aromatic heterocycles. The minimum Gasteiger partial charge on any atom is -0.326 e. The number of anilines is 2. The fourth-order valence-corrected chi connectivity index (χ4v) is 2.02. The molecule has 0 aliphatic rings. The van der Waals surface area contributed by atoms with Crippen LogP contribution in [0.15, 0.2) is 36.7 Å². The van der Waals surface area contributed by atoms with Crippen molar-refractivity contribution < 1.29 is 0 Å². The number of imidazole rings is 1. The SMILES string of the molecule is CCCCn1ccnc1Nc1ccc(C(C)C)cc1. The van der Waals surface area contributed by atoms with Crippen LogP contribution in [0.5, 0.6) is 0 Å². The standard InChI is InChI=1S/C16H23N3/c1-4-5-11-19-12-10-17-16(19)18-15-8-6-14(7-9-15)13(2)3/h6-10,12-13H,4-5,11H2,1-3H3,(H,17,18). The van der Waals surface area contributed by atoms with Gasteiger partial charge in [0.15, 0.2) is 0 Å². The molecule has 3 nitrogen and oxygen atoms in total. The second kappa shape index (κ2) is 6.41. The quantitative estimate of drug-likeness (QED) is 0.822.